The number of carbonyl (C=O) groups is 2. The maximum absolute atomic E-state index is 12.4. The van der Waals surface area contributed by atoms with Crippen molar-refractivity contribution in [1.29, 1.82) is 0 Å². The van der Waals surface area contributed by atoms with Crippen LogP contribution in [-0.4, -0.2) is 37.4 Å². The minimum absolute atomic E-state index is 0.0240. The molecule has 1 N–H and O–H groups in total. The van der Waals surface area contributed by atoms with E-state index in [2.05, 4.69) is 5.32 Å². The number of hydrogen-bond acceptors (Lipinski definition) is 3. The molecule has 1 heterocycles. The summed E-state index contributed by atoms with van der Waals surface area (Å²) in [6.07, 6.45) is 1.84. The molecule has 5 nitrogen and oxygen atoms in total. The van der Waals surface area contributed by atoms with Crippen LogP contribution in [0.25, 0.3) is 0 Å². The normalized spacial score (nSPS) is 19.7. The van der Waals surface area contributed by atoms with Gasteiger partial charge >= 0.3 is 0 Å². The van der Waals surface area contributed by atoms with Gasteiger partial charge in [0.25, 0.3) is 0 Å². The molecule has 22 heavy (non-hydrogen) atoms. The number of hydrogen-bond donors (Lipinski definition) is 1. The SMILES string of the molecule is CC[C@@H](NC(=O)[C@H]1CCN(C)C(=O)C1)c1ccc(OC)cc1. The third kappa shape index (κ3) is 3.78. The number of nitrogens with one attached hydrogen (secondary N) is 1. The first-order chi connectivity index (χ1) is 10.5. The number of benzene rings is 1. The van der Waals surface area contributed by atoms with Crippen LogP contribution < -0.4 is 10.1 Å². The number of amides is 2. The lowest BCUT2D eigenvalue weighted by Crippen LogP contribution is -2.42. The molecule has 1 fully saturated rings. The Morgan fingerprint density at radius 3 is 2.64 bits per heavy atom. The average Bonchev–Trinajstić information content (AvgIpc) is 2.55. The third-order valence-electron chi connectivity index (χ3n) is 4.27. The van der Waals surface area contributed by atoms with E-state index in [-0.39, 0.29) is 23.8 Å². The van der Waals surface area contributed by atoms with Crippen LogP contribution in [0.2, 0.25) is 0 Å². The van der Waals surface area contributed by atoms with Crippen LogP contribution in [0.4, 0.5) is 0 Å². The summed E-state index contributed by atoms with van der Waals surface area (Å²) < 4.78 is 5.15. The molecule has 2 atom stereocenters. The van der Waals surface area contributed by atoms with Crippen molar-refractivity contribution < 1.29 is 14.3 Å². The molecule has 0 saturated carbocycles. The van der Waals surface area contributed by atoms with Gasteiger partial charge < -0.3 is 15.0 Å². The van der Waals surface area contributed by atoms with Gasteiger partial charge in [-0.05, 0) is 30.5 Å². The van der Waals surface area contributed by atoms with Gasteiger partial charge in [0.15, 0.2) is 0 Å². The van der Waals surface area contributed by atoms with E-state index in [4.69, 9.17) is 4.74 Å². The molecule has 1 aliphatic rings. The fourth-order valence-corrected chi connectivity index (χ4v) is 2.71. The van der Waals surface area contributed by atoms with Crippen molar-refractivity contribution in [2.24, 2.45) is 5.92 Å². The molecule has 0 aromatic heterocycles. The van der Waals surface area contributed by atoms with Crippen molar-refractivity contribution in [2.75, 3.05) is 20.7 Å². The maximum atomic E-state index is 12.4. The lowest BCUT2D eigenvalue weighted by atomic mass is 9.94. The Kier molecular flexibility index (Phi) is 5.41. The summed E-state index contributed by atoms with van der Waals surface area (Å²) in [7, 11) is 3.41. The fraction of sp³-hybridized carbons (Fsp3) is 0.529. The third-order valence-corrected chi connectivity index (χ3v) is 4.27. The first kappa shape index (κ1) is 16.3. The second-order valence-electron chi connectivity index (χ2n) is 5.75. The van der Waals surface area contributed by atoms with Gasteiger partial charge in [0.05, 0.1) is 13.2 Å². The van der Waals surface area contributed by atoms with Crippen molar-refractivity contribution in [3.63, 3.8) is 0 Å². The standard InChI is InChI=1S/C17H24N2O3/c1-4-15(12-5-7-14(22-3)8-6-12)18-17(21)13-9-10-19(2)16(20)11-13/h5-8,13,15H,4,9-11H2,1-3H3,(H,18,21)/t13-,15+/m0/s1. The van der Waals surface area contributed by atoms with E-state index in [1.807, 2.05) is 31.2 Å². The summed E-state index contributed by atoms with van der Waals surface area (Å²) in [5.41, 5.74) is 1.05. The van der Waals surface area contributed by atoms with Crippen molar-refractivity contribution in [3.05, 3.63) is 29.8 Å². The maximum Gasteiger partial charge on any atom is 0.224 e. The first-order valence-electron chi connectivity index (χ1n) is 7.73. The van der Waals surface area contributed by atoms with Gasteiger partial charge in [-0.15, -0.1) is 0 Å². The Balaban J connectivity index is 1.99. The minimum Gasteiger partial charge on any atom is -0.497 e. The fourth-order valence-electron chi connectivity index (χ4n) is 2.71. The summed E-state index contributed by atoms with van der Waals surface area (Å²) in [6.45, 7) is 2.69. The molecule has 1 aliphatic heterocycles. The monoisotopic (exact) mass is 304 g/mol. The molecular formula is C17H24N2O3. The van der Waals surface area contributed by atoms with E-state index >= 15 is 0 Å². The second kappa shape index (κ2) is 7.29. The van der Waals surface area contributed by atoms with Crippen LogP contribution in [0.5, 0.6) is 5.75 Å². The molecule has 0 bridgehead atoms. The highest BCUT2D eigenvalue weighted by molar-refractivity contribution is 5.87. The molecule has 5 heteroatoms. The Hall–Kier alpha value is -2.04. The van der Waals surface area contributed by atoms with Crippen molar-refractivity contribution >= 4 is 11.8 Å². The smallest absolute Gasteiger partial charge is 0.224 e. The topological polar surface area (TPSA) is 58.6 Å². The Bertz CT molecular complexity index is 527. The second-order valence-corrected chi connectivity index (χ2v) is 5.75. The Morgan fingerprint density at radius 1 is 1.41 bits per heavy atom. The van der Waals surface area contributed by atoms with E-state index in [0.29, 0.717) is 13.0 Å². The number of nitrogens with zero attached hydrogens (tertiary/aromatic N) is 1. The zero-order valence-electron chi connectivity index (χ0n) is 13.5. The van der Waals surface area contributed by atoms with Crippen LogP contribution in [-0.2, 0) is 9.59 Å². The number of carbonyl (C=O) groups excluding carboxylic acids is 2. The molecule has 0 spiro atoms. The number of methoxy groups -OCH3 is 1. The number of piperidine rings is 1. The van der Waals surface area contributed by atoms with Crippen molar-refractivity contribution in [3.8, 4) is 5.75 Å². The highest BCUT2D eigenvalue weighted by Crippen LogP contribution is 2.23. The molecule has 1 aromatic carbocycles. The molecule has 0 aliphatic carbocycles. The van der Waals surface area contributed by atoms with E-state index in [9.17, 15) is 9.59 Å². The molecule has 1 saturated heterocycles. The van der Waals surface area contributed by atoms with E-state index in [1.54, 1.807) is 19.1 Å². The summed E-state index contributed by atoms with van der Waals surface area (Å²) in [4.78, 5) is 25.8. The largest absolute Gasteiger partial charge is 0.497 e. The zero-order valence-corrected chi connectivity index (χ0v) is 13.5. The van der Waals surface area contributed by atoms with Gasteiger partial charge in [0, 0.05) is 25.9 Å². The molecule has 120 valence electrons. The molecule has 2 amide bonds. The highest BCUT2D eigenvalue weighted by atomic mass is 16.5. The summed E-state index contributed by atoms with van der Waals surface area (Å²) in [5.74, 6) is 0.606. The lowest BCUT2D eigenvalue weighted by Gasteiger charge is -2.29. The molecule has 2 rings (SSSR count). The minimum atomic E-state index is -0.212. The molecule has 0 radical (unpaired) electrons. The van der Waals surface area contributed by atoms with Crippen LogP contribution in [0.1, 0.15) is 37.8 Å². The predicted octanol–water partition coefficient (Wildman–Crippen LogP) is 2.13. The Labute approximate surface area is 131 Å². The van der Waals surface area contributed by atoms with Crippen LogP contribution in [0.3, 0.4) is 0 Å². The number of rotatable bonds is 5. The lowest BCUT2D eigenvalue weighted by molar-refractivity contribution is -0.139. The molecular weight excluding hydrogens is 280 g/mol. The zero-order chi connectivity index (χ0) is 16.1. The van der Waals surface area contributed by atoms with Crippen LogP contribution in [0.15, 0.2) is 24.3 Å². The van der Waals surface area contributed by atoms with Gasteiger partial charge in [0.1, 0.15) is 5.75 Å². The van der Waals surface area contributed by atoms with Crippen LogP contribution >= 0.6 is 0 Å². The van der Waals surface area contributed by atoms with E-state index in [1.165, 1.54) is 0 Å². The summed E-state index contributed by atoms with van der Waals surface area (Å²) in [6, 6.07) is 7.68. The van der Waals surface area contributed by atoms with Gasteiger partial charge in [-0.2, -0.15) is 0 Å². The van der Waals surface area contributed by atoms with Crippen LogP contribution in [0, 0.1) is 5.92 Å². The highest BCUT2D eigenvalue weighted by Gasteiger charge is 2.29. The van der Waals surface area contributed by atoms with Gasteiger partial charge in [0.2, 0.25) is 11.8 Å². The summed E-state index contributed by atoms with van der Waals surface area (Å²) >= 11 is 0. The number of likely N-dealkylation sites (tertiary alicyclic amines) is 1. The quantitative estimate of drug-likeness (QED) is 0.906. The predicted molar refractivity (Wildman–Crippen MR) is 84.5 cm³/mol. The van der Waals surface area contributed by atoms with Gasteiger partial charge in [-0.3, -0.25) is 9.59 Å². The average molecular weight is 304 g/mol. The van der Waals surface area contributed by atoms with Crippen molar-refractivity contribution in [1.82, 2.24) is 10.2 Å². The van der Waals surface area contributed by atoms with Gasteiger partial charge in [-0.1, -0.05) is 19.1 Å². The van der Waals surface area contributed by atoms with E-state index in [0.717, 1.165) is 24.2 Å². The molecule has 1 aromatic rings. The van der Waals surface area contributed by atoms with Crippen molar-refractivity contribution in [2.45, 2.75) is 32.2 Å². The Morgan fingerprint density at radius 2 is 2.09 bits per heavy atom. The molecule has 0 unspecified atom stereocenters. The summed E-state index contributed by atoms with van der Waals surface area (Å²) in [5, 5.41) is 3.08. The van der Waals surface area contributed by atoms with E-state index < -0.39 is 0 Å². The van der Waals surface area contributed by atoms with Gasteiger partial charge in [-0.25, -0.2) is 0 Å². The number of ether oxygens (including phenoxy) is 1. The first-order valence-corrected chi connectivity index (χ1v) is 7.73.